The minimum Gasteiger partial charge on any atom is -0.870 e. The Labute approximate surface area is 107 Å². The van der Waals surface area contributed by atoms with Gasteiger partial charge in [0.1, 0.15) is 6.54 Å². The molecule has 0 aromatic carbocycles. The summed E-state index contributed by atoms with van der Waals surface area (Å²) in [5.41, 5.74) is 0. The van der Waals surface area contributed by atoms with Gasteiger partial charge in [0.25, 0.3) is 0 Å². The van der Waals surface area contributed by atoms with Gasteiger partial charge < -0.3 is 25.0 Å². The Kier molecular flexibility index (Phi) is 18.5. The SMILES string of the molecule is CC[N+](CC)(CC)CCO.C[N+](C)(C)C.[OH-].[OH-]. The van der Waals surface area contributed by atoms with Gasteiger partial charge in [0.15, 0.2) is 0 Å². The molecule has 3 N–H and O–H groups in total. The second kappa shape index (κ2) is 12.3. The number of quaternary nitrogens is 2. The van der Waals surface area contributed by atoms with E-state index in [2.05, 4.69) is 49.0 Å². The van der Waals surface area contributed by atoms with Gasteiger partial charge in [-0.2, -0.15) is 0 Å². The highest BCUT2D eigenvalue weighted by Crippen LogP contribution is 2.03. The molecule has 0 aliphatic rings. The lowest BCUT2D eigenvalue weighted by Crippen LogP contribution is -2.49. The lowest BCUT2D eigenvalue weighted by molar-refractivity contribution is -0.923. The first-order valence-corrected chi connectivity index (χ1v) is 5.99. The van der Waals surface area contributed by atoms with E-state index in [1.54, 1.807) is 0 Å². The van der Waals surface area contributed by atoms with E-state index >= 15 is 0 Å². The molecule has 0 rings (SSSR count). The molecule has 0 radical (unpaired) electrons. The summed E-state index contributed by atoms with van der Waals surface area (Å²) in [5.74, 6) is 0. The zero-order valence-electron chi connectivity index (χ0n) is 12.8. The molecule has 110 valence electrons. The number of rotatable bonds is 5. The minimum atomic E-state index is 0. The Morgan fingerprint density at radius 3 is 1.06 bits per heavy atom. The molecular weight excluding hydrogens is 220 g/mol. The van der Waals surface area contributed by atoms with Crippen molar-refractivity contribution in [2.45, 2.75) is 20.8 Å². The maximum absolute atomic E-state index is 8.78. The van der Waals surface area contributed by atoms with Gasteiger partial charge in [-0.3, -0.25) is 0 Å². The molecule has 0 amide bonds. The molecule has 17 heavy (non-hydrogen) atoms. The molecule has 0 unspecified atom stereocenters. The van der Waals surface area contributed by atoms with Crippen molar-refractivity contribution in [1.82, 2.24) is 0 Å². The monoisotopic (exact) mass is 254 g/mol. The van der Waals surface area contributed by atoms with Crippen LogP contribution in [-0.2, 0) is 0 Å². The first kappa shape index (κ1) is 25.6. The zero-order chi connectivity index (χ0) is 12.5. The molecule has 5 nitrogen and oxygen atoms in total. The van der Waals surface area contributed by atoms with Crippen LogP contribution in [0, 0.1) is 0 Å². The van der Waals surface area contributed by atoms with Crippen molar-refractivity contribution in [3.05, 3.63) is 0 Å². The summed E-state index contributed by atoms with van der Waals surface area (Å²) < 4.78 is 2.05. The van der Waals surface area contributed by atoms with Gasteiger partial charge in [-0.05, 0) is 20.8 Å². The summed E-state index contributed by atoms with van der Waals surface area (Å²) in [7, 11) is 8.50. The first-order chi connectivity index (χ1) is 6.74. The van der Waals surface area contributed by atoms with Crippen molar-refractivity contribution in [1.29, 1.82) is 0 Å². The van der Waals surface area contributed by atoms with Crippen LogP contribution in [0.25, 0.3) is 0 Å². The average molecular weight is 254 g/mol. The van der Waals surface area contributed by atoms with E-state index in [-0.39, 0.29) is 11.0 Å². The molecule has 0 atom stereocenters. The van der Waals surface area contributed by atoms with Crippen LogP contribution in [0.4, 0.5) is 0 Å². The van der Waals surface area contributed by atoms with Crippen molar-refractivity contribution in [2.24, 2.45) is 0 Å². The van der Waals surface area contributed by atoms with E-state index in [9.17, 15) is 0 Å². The van der Waals surface area contributed by atoms with E-state index in [0.29, 0.717) is 6.61 Å². The van der Waals surface area contributed by atoms with Gasteiger partial charge >= 0.3 is 0 Å². The molecule has 0 saturated heterocycles. The normalized spacial score (nSPS) is 10.6. The number of hydrogen-bond acceptors (Lipinski definition) is 3. The van der Waals surface area contributed by atoms with Crippen molar-refractivity contribution in [3.63, 3.8) is 0 Å². The van der Waals surface area contributed by atoms with Crippen molar-refractivity contribution >= 4 is 0 Å². The van der Waals surface area contributed by atoms with Crippen molar-refractivity contribution < 1.29 is 25.0 Å². The number of nitrogens with zero attached hydrogens (tertiary/aromatic N) is 2. The maximum Gasteiger partial charge on any atom is 0.102 e. The van der Waals surface area contributed by atoms with E-state index in [1.165, 1.54) is 0 Å². The first-order valence-electron chi connectivity index (χ1n) is 5.99. The number of aliphatic hydroxyl groups excluding tert-OH is 1. The Bertz CT molecular complexity index is 129. The standard InChI is InChI=1S/C8H20NO.C4H12N.2H2O/c1-4-9(5-2,6-3)7-8-10;1-5(2,3)4;;/h10H,4-8H2,1-3H3;1-4H3;2*1H2/q2*+1;;/p-2. The maximum atomic E-state index is 8.78. The van der Waals surface area contributed by atoms with Crippen LogP contribution in [-0.4, -0.2) is 86.0 Å². The predicted molar refractivity (Wildman–Crippen MR) is 71.7 cm³/mol. The van der Waals surface area contributed by atoms with Gasteiger partial charge in [0.2, 0.25) is 0 Å². The summed E-state index contributed by atoms with van der Waals surface area (Å²) in [6, 6.07) is 0. The third kappa shape index (κ3) is 18.4. The third-order valence-corrected chi connectivity index (χ3v) is 2.59. The van der Waals surface area contributed by atoms with Crippen LogP contribution < -0.4 is 0 Å². The Morgan fingerprint density at radius 1 is 0.765 bits per heavy atom. The lowest BCUT2D eigenvalue weighted by atomic mass is 10.3. The van der Waals surface area contributed by atoms with Crippen LogP contribution in [0.15, 0.2) is 0 Å². The van der Waals surface area contributed by atoms with Gasteiger partial charge in [-0.25, -0.2) is 0 Å². The highest BCUT2D eigenvalue weighted by Gasteiger charge is 2.18. The van der Waals surface area contributed by atoms with E-state index in [1.807, 2.05) is 0 Å². The van der Waals surface area contributed by atoms with Crippen LogP contribution >= 0.6 is 0 Å². The highest BCUT2D eigenvalue weighted by molar-refractivity contribution is 4.35. The number of hydrogen-bond donors (Lipinski definition) is 1. The van der Waals surface area contributed by atoms with E-state index in [0.717, 1.165) is 35.1 Å². The quantitative estimate of drug-likeness (QED) is 0.738. The minimum absolute atomic E-state index is 0. The largest absolute Gasteiger partial charge is 0.870 e. The van der Waals surface area contributed by atoms with E-state index < -0.39 is 0 Å². The summed E-state index contributed by atoms with van der Waals surface area (Å²) in [5, 5.41) is 8.78. The molecule has 0 bridgehead atoms. The molecule has 0 aromatic rings. The van der Waals surface area contributed by atoms with Crippen molar-refractivity contribution in [3.8, 4) is 0 Å². The number of likely N-dealkylation sites (N-methyl/N-ethyl adjacent to an activating group) is 1. The molecule has 0 aliphatic heterocycles. The van der Waals surface area contributed by atoms with E-state index in [4.69, 9.17) is 5.11 Å². The fourth-order valence-corrected chi connectivity index (χ4v) is 1.36. The lowest BCUT2D eigenvalue weighted by Gasteiger charge is -2.34. The van der Waals surface area contributed by atoms with Gasteiger partial charge in [0, 0.05) is 0 Å². The molecule has 0 spiro atoms. The second-order valence-electron chi connectivity index (χ2n) is 5.42. The molecule has 0 heterocycles. The predicted octanol–water partition coefficient (Wildman–Crippen LogP) is 0.824. The highest BCUT2D eigenvalue weighted by atomic mass is 16.3. The number of aliphatic hydroxyl groups is 1. The Balaban J connectivity index is -0.000000105. The molecular formula is C12H34N2O3. The zero-order valence-corrected chi connectivity index (χ0v) is 12.8. The van der Waals surface area contributed by atoms with Gasteiger partial charge in [-0.1, -0.05) is 0 Å². The summed E-state index contributed by atoms with van der Waals surface area (Å²) >= 11 is 0. The van der Waals surface area contributed by atoms with Crippen LogP contribution in [0.5, 0.6) is 0 Å². The third-order valence-electron chi connectivity index (χ3n) is 2.59. The second-order valence-corrected chi connectivity index (χ2v) is 5.42. The summed E-state index contributed by atoms with van der Waals surface area (Å²) in [4.78, 5) is 0. The summed E-state index contributed by atoms with van der Waals surface area (Å²) in [6.07, 6.45) is 0. The smallest absolute Gasteiger partial charge is 0.102 e. The van der Waals surface area contributed by atoms with Gasteiger partial charge in [-0.15, -0.1) is 0 Å². The average Bonchev–Trinajstić information content (AvgIpc) is 2.12. The Hall–Kier alpha value is -0.200. The molecule has 5 heteroatoms. The topological polar surface area (TPSA) is 80.2 Å². The van der Waals surface area contributed by atoms with Crippen LogP contribution in [0.1, 0.15) is 20.8 Å². The molecule has 0 saturated carbocycles. The fourth-order valence-electron chi connectivity index (χ4n) is 1.36. The summed E-state index contributed by atoms with van der Waals surface area (Å²) in [6.45, 7) is 11.2. The van der Waals surface area contributed by atoms with Crippen molar-refractivity contribution in [2.75, 3.05) is 61.0 Å². The molecule has 0 aliphatic carbocycles. The van der Waals surface area contributed by atoms with Crippen LogP contribution in [0.2, 0.25) is 0 Å². The molecule has 0 aromatic heterocycles. The van der Waals surface area contributed by atoms with Gasteiger partial charge in [0.05, 0.1) is 54.4 Å². The van der Waals surface area contributed by atoms with Crippen LogP contribution in [0.3, 0.4) is 0 Å². The Morgan fingerprint density at radius 2 is 1.00 bits per heavy atom. The molecule has 0 fully saturated rings. The fraction of sp³-hybridized carbons (Fsp3) is 1.00.